The quantitative estimate of drug-likeness (QED) is 0.0261. The molecule has 0 aliphatic carbocycles. The average Bonchev–Trinajstić information content (AvgIpc) is 3.45. The first-order valence-electron chi connectivity index (χ1n) is 33.7. The third kappa shape index (κ3) is 65.0. The Hall–Kier alpha value is -3.67. The van der Waals surface area contributed by atoms with Crippen LogP contribution >= 0.6 is 0 Å². The lowest BCUT2D eigenvalue weighted by atomic mass is 10.0. The van der Waals surface area contributed by atoms with Crippen molar-refractivity contribution in [2.45, 2.75) is 335 Å². The molecule has 1 unspecified atom stereocenters. The molecule has 1 atom stereocenters. The zero-order chi connectivity index (χ0) is 57.1. The zero-order valence-electron chi connectivity index (χ0n) is 52.1. The summed E-state index contributed by atoms with van der Waals surface area (Å²) in [6.07, 6.45) is 89.9. The molecule has 0 rings (SSSR count). The van der Waals surface area contributed by atoms with Crippen molar-refractivity contribution in [3.63, 3.8) is 0 Å². The minimum Gasteiger partial charge on any atom is -0.462 e. The molecule has 79 heavy (non-hydrogen) atoms. The molecular weight excluding hydrogens is 973 g/mol. The van der Waals surface area contributed by atoms with Crippen molar-refractivity contribution in [2.24, 2.45) is 0 Å². The van der Waals surface area contributed by atoms with E-state index in [0.29, 0.717) is 12.8 Å². The normalized spacial score (nSPS) is 12.7. The van der Waals surface area contributed by atoms with Crippen LogP contribution in [0.15, 0.2) is 97.2 Å². The second kappa shape index (κ2) is 66.8. The molecule has 6 nitrogen and oxygen atoms in total. The Labute approximate surface area is 489 Å². The van der Waals surface area contributed by atoms with Gasteiger partial charge in [-0.1, -0.05) is 304 Å². The maximum Gasteiger partial charge on any atom is 0.306 e. The molecule has 0 saturated heterocycles. The SMILES string of the molecule is CC/C=C\C/C=C\C/C=C\C/C=C\C/C=C\CCCCCC(=O)OC(COC(=O)CCCCCCCCCCCC/C=C\C/C=C\C/C=C\CCCCCCC)COC(=O)CCCCCCCCCCCCCCCCCCC. The second-order valence-corrected chi connectivity index (χ2v) is 22.4. The zero-order valence-corrected chi connectivity index (χ0v) is 52.1. The molecule has 0 aliphatic rings. The Morgan fingerprint density at radius 3 is 0.785 bits per heavy atom. The van der Waals surface area contributed by atoms with Gasteiger partial charge in [0.25, 0.3) is 0 Å². The number of hydrogen-bond acceptors (Lipinski definition) is 6. The van der Waals surface area contributed by atoms with Crippen molar-refractivity contribution in [3.8, 4) is 0 Å². The highest BCUT2D eigenvalue weighted by Crippen LogP contribution is 2.17. The van der Waals surface area contributed by atoms with Crippen LogP contribution in [0.2, 0.25) is 0 Å². The van der Waals surface area contributed by atoms with Crippen molar-refractivity contribution < 1.29 is 28.6 Å². The van der Waals surface area contributed by atoms with Crippen molar-refractivity contribution in [1.29, 1.82) is 0 Å². The lowest BCUT2D eigenvalue weighted by Gasteiger charge is -2.18. The fraction of sp³-hybridized carbons (Fsp3) is 0.740. The Kier molecular flexibility index (Phi) is 63.7. The number of rotatable bonds is 61. The third-order valence-electron chi connectivity index (χ3n) is 14.6. The summed E-state index contributed by atoms with van der Waals surface area (Å²) >= 11 is 0. The van der Waals surface area contributed by atoms with Crippen molar-refractivity contribution >= 4 is 17.9 Å². The van der Waals surface area contributed by atoms with Crippen molar-refractivity contribution in [2.75, 3.05) is 13.2 Å². The standard InChI is InChI=1S/C73H126O6/c1-4-7-10-13-16-19-22-25-28-31-33-34-35-36-37-38-40-42-45-48-51-54-57-60-63-66-72(75)78-69-70(68-77-71(74)65-62-59-56-53-50-47-44-41-30-27-24-21-18-15-12-9-6-3)79-73(76)67-64-61-58-55-52-49-46-43-39-32-29-26-23-20-17-14-11-8-5-2/h8,11,17,20,22,25-26,29,31,33,35-36,39,43,49,52,70H,4-7,9-10,12-16,18-19,21,23-24,27-28,30,32,34,37-38,40-42,44-48,50-51,53-69H2,1-3H3/b11-8-,20-17-,25-22-,29-26-,33-31-,36-35-,43-39-,52-49-. The van der Waals surface area contributed by atoms with Gasteiger partial charge in [0.15, 0.2) is 6.10 Å². The smallest absolute Gasteiger partial charge is 0.306 e. The first kappa shape index (κ1) is 75.3. The molecule has 0 N–H and O–H groups in total. The number of carbonyl (C=O) groups is 3. The van der Waals surface area contributed by atoms with Gasteiger partial charge in [-0.25, -0.2) is 0 Å². The van der Waals surface area contributed by atoms with Gasteiger partial charge in [-0.05, 0) is 103 Å². The van der Waals surface area contributed by atoms with Gasteiger partial charge in [-0.2, -0.15) is 0 Å². The first-order chi connectivity index (χ1) is 39.0. The summed E-state index contributed by atoms with van der Waals surface area (Å²) < 4.78 is 16.9. The summed E-state index contributed by atoms with van der Waals surface area (Å²) in [5, 5.41) is 0. The highest BCUT2D eigenvalue weighted by Gasteiger charge is 2.19. The van der Waals surface area contributed by atoms with Crippen LogP contribution in [0.5, 0.6) is 0 Å². The molecular formula is C73H126O6. The van der Waals surface area contributed by atoms with Gasteiger partial charge in [0.2, 0.25) is 0 Å². The predicted octanol–water partition coefficient (Wildman–Crippen LogP) is 23.2. The second-order valence-electron chi connectivity index (χ2n) is 22.4. The van der Waals surface area contributed by atoms with Crippen molar-refractivity contribution in [1.82, 2.24) is 0 Å². The highest BCUT2D eigenvalue weighted by molar-refractivity contribution is 5.71. The minimum atomic E-state index is -0.798. The minimum absolute atomic E-state index is 0.0897. The fourth-order valence-electron chi connectivity index (χ4n) is 9.54. The molecule has 0 amide bonds. The summed E-state index contributed by atoms with van der Waals surface area (Å²) in [6, 6.07) is 0. The number of esters is 3. The molecule has 0 aliphatic heterocycles. The van der Waals surface area contributed by atoms with Crippen LogP contribution in [0.25, 0.3) is 0 Å². The Morgan fingerprint density at radius 2 is 0.494 bits per heavy atom. The monoisotopic (exact) mass is 1100 g/mol. The Bertz CT molecular complexity index is 1540. The largest absolute Gasteiger partial charge is 0.462 e. The molecule has 0 aromatic heterocycles. The summed E-state index contributed by atoms with van der Waals surface area (Å²) in [7, 11) is 0. The molecule has 454 valence electrons. The van der Waals surface area contributed by atoms with Crippen LogP contribution < -0.4 is 0 Å². The average molecular weight is 1100 g/mol. The molecule has 0 spiro atoms. The lowest BCUT2D eigenvalue weighted by molar-refractivity contribution is -0.167. The van der Waals surface area contributed by atoms with Crippen LogP contribution in [0.3, 0.4) is 0 Å². The van der Waals surface area contributed by atoms with E-state index in [1.54, 1.807) is 0 Å². The van der Waals surface area contributed by atoms with E-state index < -0.39 is 6.10 Å². The van der Waals surface area contributed by atoms with Gasteiger partial charge in [-0.15, -0.1) is 0 Å². The summed E-state index contributed by atoms with van der Waals surface area (Å²) in [5.74, 6) is -0.912. The molecule has 0 saturated carbocycles. The van der Waals surface area contributed by atoms with E-state index in [-0.39, 0.29) is 37.5 Å². The molecule has 0 fully saturated rings. The van der Waals surface area contributed by atoms with Gasteiger partial charge in [0.05, 0.1) is 0 Å². The number of carbonyl (C=O) groups excluding carboxylic acids is 3. The molecule has 0 aromatic rings. The Balaban J connectivity index is 4.40. The summed E-state index contributed by atoms with van der Waals surface area (Å²) in [5.41, 5.74) is 0. The van der Waals surface area contributed by atoms with Gasteiger partial charge >= 0.3 is 17.9 Å². The number of unbranched alkanes of at least 4 members (excludes halogenated alkanes) is 34. The van der Waals surface area contributed by atoms with Gasteiger partial charge in [0, 0.05) is 19.3 Å². The van der Waals surface area contributed by atoms with Crippen LogP contribution in [0.1, 0.15) is 329 Å². The number of hydrogen-bond donors (Lipinski definition) is 0. The van der Waals surface area contributed by atoms with Crippen molar-refractivity contribution in [3.05, 3.63) is 97.2 Å². The van der Waals surface area contributed by atoms with E-state index in [0.717, 1.165) is 109 Å². The van der Waals surface area contributed by atoms with E-state index in [4.69, 9.17) is 14.2 Å². The van der Waals surface area contributed by atoms with Crippen LogP contribution in [0, 0.1) is 0 Å². The maximum absolute atomic E-state index is 12.9. The summed E-state index contributed by atoms with van der Waals surface area (Å²) in [4.78, 5) is 38.4. The van der Waals surface area contributed by atoms with Gasteiger partial charge in [-0.3, -0.25) is 14.4 Å². The number of ether oxygens (including phenoxy) is 3. The van der Waals surface area contributed by atoms with E-state index in [1.165, 1.54) is 180 Å². The predicted molar refractivity (Wildman–Crippen MR) is 344 cm³/mol. The van der Waals surface area contributed by atoms with E-state index in [9.17, 15) is 14.4 Å². The Morgan fingerprint density at radius 1 is 0.266 bits per heavy atom. The summed E-state index contributed by atoms with van der Waals surface area (Å²) in [6.45, 7) is 6.53. The van der Waals surface area contributed by atoms with Crippen LogP contribution in [-0.4, -0.2) is 37.2 Å². The van der Waals surface area contributed by atoms with E-state index in [1.807, 2.05) is 0 Å². The number of allylic oxidation sites excluding steroid dienone is 16. The van der Waals surface area contributed by atoms with Crippen LogP contribution in [0.4, 0.5) is 0 Å². The molecule has 6 heteroatoms. The fourth-order valence-corrected chi connectivity index (χ4v) is 9.54. The highest BCUT2D eigenvalue weighted by atomic mass is 16.6. The topological polar surface area (TPSA) is 78.9 Å². The first-order valence-corrected chi connectivity index (χ1v) is 33.7. The molecule has 0 bridgehead atoms. The molecule has 0 heterocycles. The van der Waals surface area contributed by atoms with Crippen LogP contribution in [-0.2, 0) is 28.6 Å². The molecule has 0 radical (unpaired) electrons. The van der Waals surface area contributed by atoms with E-state index in [2.05, 4.69) is 118 Å². The van der Waals surface area contributed by atoms with Gasteiger partial charge < -0.3 is 14.2 Å². The maximum atomic E-state index is 12.9. The van der Waals surface area contributed by atoms with Gasteiger partial charge in [0.1, 0.15) is 13.2 Å². The van der Waals surface area contributed by atoms with E-state index >= 15 is 0 Å². The third-order valence-corrected chi connectivity index (χ3v) is 14.6. The lowest BCUT2D eigenvalue weighted by Crippen LogP contribution is -2.30. The molecule has 0 aromatic carbocycles.